The molecule has 12 heteroatoms. The molecule has 5 rings (SSSR count). The Morgan fingerprint density at radius 1 is 1.22 bits per heavy atom. The summed E-state index contributed by atoms with van der Waals surface area (Å²) in [5.41, 5.74) is 1.51. The maximum atomic E-state index is 12.2. The number of nitrogens with one attached hydrogen (secondary N) is 1. The molecule has 0 aliphatic carbocycles. The highest BCUT2D eigenvalue weighted by Crippen LogP contribution is 2.32. The van der Waals surface area contributed by atoms with Crippen LogP contribution in [0.4, 0.5) is 0 Å². The molecular weight excluding hydrogens is 452 g/mol. The van der Waals surface area contributed by atoms with Crippen molar-refractivity contribution in [3.05, 3.63) is 58.0 Å². The number of hydrogen-bond acceptors (Lipinski definition) is 10. The zero-order valence-corrected chi connectivity index (χ0v) is 18.6. The zero-order chi connectivity index (χ0) is 22.1. The molecule has 5 aromatic rings. The summed E-state index contributed by atoms with van der Waals surface area (Å²) in [5.74, 6) is 2.38. The Labute approximate surface area is 189 Å². The average Bonchev–Trinajstić information content (AvgIpc) is 3.59. The van der Waals surface area contributed by atoms with Gasteiger partial charge in [-0.2, -0.15) is 10.1 Å². The Kier molecular flexibility index (Phi) is 5.37. The molecule has 1 N–H and O–H groups in total. The Morgan fingerprint density at radius 3 is 2.91 bits per heavy atom. The fraction of sp³-hybridized carbons (Fsp3) is 0.150. The fourth-order valence-electron chi connectivity index (χ4n) is 3.06. The molecular formula is C20H16N6O4S2. The van der Waals surface area contributed by atoms with Gasteiger partial charge >= 0.3 is 0 Å². The first-order valence-corrected chi connectivity index (χ1v) is 11.2. The maximum Gasteiger partial charge on any atom is 0.290 e. The quantitative estimate of drug-likeness (QED) is 0.358. The average molecular weight is 469 g/mol. The number of aromatic nitrogens is 6. The molecule has 0 fully saturated rings. The number of thiophene rings is 1. The van der Waals surface area contributed by atoms with Crippen molar-refractivity contribution in [3.8, 4) is 33.5 Å². The van der Waals surface area contributed by atoms with E-state index in [0.717, 1.165) is 4.88 Å². The molecule has 0 bridgehead atoms. The van der Waals surface area contributed by atoms with Gasteiger partial charge in [-0.3, -0.25) is 4.79 Å². The summed E-state index contributed by atoms with van der Waals surface area (Å²) < 4.78 is 17.6. The van der Waals surface area contributed by atoms with Crippen molar-refractivity contribution in [1.29, 1.82) is 0 Å². The van der Waals surface area contributed by atoms with E-state index >= 15 is 0 Å². The van der Waals surface area contributed by atoms with E-state index in [-0.39, 0.29) is 5.56 Å². The predicted octanol–water partition coefficient (Wildman–Crippen LogP) is 3.51. The smallest absolute Gasteiger partial charge is 0.290 e. The van der Waals surface area contributed by atoms with Crippen LogP contribution in [0, 0.1) is 0 Å². The van der Waals surface area contributed by atoms with Crippen molar-refractivity contribution in [1.82, 2.24) is 30.0 Å². The third-order valence-corrected chi connectivity index (χ3v) is 6.40. The highest BCUT2D eigenvalue weighted by Gasteiger charge is 2.17. The van der Waals surface area contributed by atoms with Gasteiger partial charge < -0.3 is 14.0 Å². The lowest BCUT2D eigenvalue weighted by Gasteiger charge is -2.07. The second-order valence-corrected chi connectivity index (χ2v) is 8.40. The van der Waals surface area contributed by atoms with E-state index in [2.05, 4.69) is 25.4 Å². The largest absolute Gasteiger partial charge is 0.497 e. The van der Waals surface area contributed by atoms with Crippen LogP contribution < -0.4 is 15.0 Å². The van der Waals surface area contributed by atoms with Gasteiger partial charge in [-0.05, 0) is 29.6 Å². The third-order valence-electron chi connectivity index (χ3n) is 4.59. The van der Waals surface area contributed by atoms with Crippen LogP contribution in [-0.4, -0.2) is 44.2 Å². The van der Waals surface area contributed by atoms with Crippen LogP contribution in [0.25, 0.3) is 27.5 Å². The Hall–Kier alpha value is -3.64. The summed E-state index contributed by atoms with van der Waals surface area (Å²) >= 11 is 2.87. The normalized spacial score (nSPS) is 11.2. The predicted molar refractivity (Wildman–Crippen MR) is 119 cm³/mol. The van der Waals surface area contributed by atoms with E-state index in [1.807, 2.05) is 23.6 Å². The van der Waals surface area contributed by atoms with E-state index in [9.17, 15) is 4.79 Å². The molecule has 162 valence electrons. The van der Waals surface area contributed by atoms with Gasteiger partial charge in [0.2, 0.25) is 16.9 Å². The standard InChI is InChI=1S/C20H16N6O4S2/c1-28-11-5-6-12(15(8-11)29-2)18-21-17(30-25-18)10-32-20-23-22-19(27)14-9-13(24-26(14)20)16-4-3-7-31-16/h3-9H,10H2,1-2H3,(H,22,27). The van der Waals surface area contributed by atoms with Crippen LogP contribution in [-0.2, 0) is 5.75 Å². The number of methoxy groups -OCH3 is 2. The van der Waals surface area contributed by atoms with Gasteiger partial charge in [-0.25, -0.2) is 9.61 Å². The molecule has 10 nitrogen and oxygen atoms in total. The van der Waals surface area contributed by atoms with Gasteiger partial charge in [0.05, 0.1) is 30.4 Å². The Morgan fingerprint density at radius 2 is 2.12 bits per heavy atom. The first-order chi connectivity index (χ1) is 15.7. The van der Waals surface area contributed by atoms with Gasteiger partial charge in [0.15, 0.2) is 0 Å². The summed E-state index contributed by atoms with van der Waals surface area (Å²) in [4.78, 5) is 17.6. The number of ether oxygens (including phenoxy) is 2. The van der Waals surface area contributed by atoms with Gasteiger partial charge in [0.1, 0.15) is 22.7 Å². The number of nitrogens with zero attached hydrogens (tertiary/aromatic N) is 5. The molecule has 0 aliphatic heterocycles. The number of aromatic amines is 1. The van der Waals surface area contributed by atoms with Crippen LogP contribution in [0.3, 0.4) is 0 Å². The van der Waals surface area contributed by atoms with E-state index in [4.69, 9.17) is 14.0 Å². The van der Waals surface area contributed by atoms with Crippen molar-refractivity contribution in [2.45, 2.75) is 10.9 Å². The molecule has 1 aromatic carbocycles. The van der Waals surface area contributed by atoms with Crippen molar-refractivity contribution in [2.75, 3.05) is 14.2 Å². The maximum absolute atomic E-state index is 12.2. The molecule has 0 spiro atoms. The molecule has 4 heterocycles. The van der Waals surface area contributed by atoms with Crippen LogP contribution in [0.2, 0.25) is 0 Å². The molecule has 0 saturated carbocycles. The molecule has 4 aromatic heterocycles. The van der Waals surface area contributed by atoms with Crippen molar-refractivity contribution >= 4 is 28.6 Å². The van der Waals surface area contributed by atoms with E-state index in [1.165, 1.54) is 16.3 Å². The van der Waals surface area contributed by atoms with Gasteiger partial charge in [-0.1, -0.05) is 23.0 Å². The molecule has 32 heavy (non-hydrogen) atoms. The van der Waals surface area contributed by atoms with Crippen molar-refractivity contribution in [2.24, 2.45) is 0 Å². The molecule has 0 aliphatic rings. The lowest BCUT2D eigenvalue weighted by Crippen LogP contribution is -2.13. The summed E-state index contributed by atoms with van der Waals surface area (Å²) in [7, 11) is 3.15. The molecule has 0 atom stereocenters. The number of benzene rings is 1. The summed E-state index contributed by atoms with van der Waals surface area (Å²) in [6.07, 6.45) is 0. The number of hydrogen-bond donors (Lipinski definition) is 1. The van der Waals surface area contributed by atoms with Gasteiger partial charge in [0, 0.05) is 6.07 Å². The lowest BCUT2D eigenvalue weighted by atomic mass is 10.2. The summed E-state index contributed by atoms with van der Waals surface area (Å²) in [5, 5.41) is 17.7. The Balaban J connectivity index is 1.40. The number of fused-ring (bicyclic) bond motifs is 1. The molecule has 0 radical (unpaired) electrons. The Bertz CT molecular complexity index is 1440. The third kappa shape index (κ3) is 3.74. The second-order valence-electron chi connectivity index (χ2n) is 6.51. The topological polar surface area (TPSA) is 120 Å². The van der Waals surface area contributed by atoms with Crippen LogP contribution in [0.5, 0.6) is 11.5 Å². The van der Waals surface area contributed by atoms with Gasteiger partial charge in [0.25, 0.3) is 5.56 Å². The number of rotatable bonds is 7. The van der Waals surface area contributed by atoms with E-state index < -0.39 is 0 Å². The highest BCUT2D eigenvalue weighted by molar-refractivity contribution is 7.98. The van der Waals surface area contributed by atoms with Crippen LogP contribution in [0.1, 0.15) is 5.89 Å². The minimum atomic E-state index is -0.309. The fourth-order valence-corrected chi connectivity index (χ4v) is 4.49. The van der Waals surface area contributed by atoms with Gasteiger partial charge in [-0.15, -0.1) is 16.4 Å². The van der Waals surface area contributed by atoms with Crippen molar-refractivity contribution in [3.63, 3.8) is 0 Å². The van der Waals surface area contributed by atoms with Crippen LogP contribution >= 0.6 is 23.1 Å². The first-order valence-electron chi connectivity index (χ1n) is 9.36. The van der Waals surface area contributed by atoms with Crippen LogP contribution in [0.15, 0.2) is 56.3 Å². The minimum absolute atomic E-state index is 0.309. The highest BCUT2D eigenvalue weighted by atomic mass is 32.2. The molecule has 0 amide bonds. The lowest BCUT2D eigenvalue weighted by molar-refractivity contribution is 0.388. The second kappa shape index (κ2) is 8.48. The monoisotopic (exact) mass is 468 g/mol. The van der Waals surface area contributed by atoms with E-state index in [1.54, 1.807) is 43.8 Å². The molecule has 0 saturated heterocycles. The first kappa shape index (κ1) is 20.3. The number of H-pyrrole nitrogens is 1. The molecule has 0 unspecified atom stereocenters. The van der Waals surface area contributed by atoms with Crippen molar-refractivity contribution < 1.29 is 14.0 Å². The van der Waals surface area contributed by atoms with E-state index in [0.29, 0.717) is 50.9 Å². The summed E-state index contributed by atoms with van der Waals surface area (Å²) in [6.45, 7) is 0. The minimum Gasteiger partial charge on any atom is -0.497 e. The summed E-state index contributed by atoms with van der Waals surface area (Å²) in [6, 6.07) is 11.0. The number of thioether (sulfide) groups is 1. The SMILES string of the molecule is COc1ccc(-c2noc(CSc3n[nH]c(=O)c4cc(-c5cccs5)nn34)n2)c(OC)c1. The zero-order valence-electron chi connectivity index (χ0n) is 16.9.